The third kappa shape index (κ3) is 5.05. The predicted octanol–water partition coefficient (Wildman–Crippen LogP) is 5.31. The summed E-state index contributed by atoms with van der Waals surface area (Å²) >= 11 is 0. The average Bonchev–Trinajstić information content (AvgIpc) is 3.56. The molecule has 4 rings (SSSR count). The molecule has 8 heteroatoms. The van der Waals surface area contributed by atoms with E-state index in [1.54, 1.807) is 23.1 Å². The van der Waals surface area contributed by atoms with Gasteiger partial charge in [0.05, 0.1) is 5.92 Å². The van der Waals surface area contributed by atoms with Gasteiger partial charge in [0.2, 0.25) is 5.91 Å². The largest absolute Gasteiger partial charge is 0.393 e. The summed E-state index contributed by atoms with van der Waals surface area (Å²) < 4.78 is 55.3. The number of amides is 1. The monoisotopic (exact) mass is 449 g/mol. The van der Waals surface area contributed by atoms with E-state index in [1.165, 1.54) is 6.07 Å². The maximum atomic E-state index is 15.5. The number of hydrogen-bond acceptors (Lipinski definition) is 3. The molecule has 1 aliphatic carbocycles. The summed E-state index contributed by atoms with van der Waals surface area (Å²) in [5, 5.41) is 2.87. The van der Waals surface area contributed by atoms with Gasteiger partial charge in [-0.05, 0) is 74.9 Å². The van der Waals surface area contributed by atoms with E-state index in [-0.39, 0.29) is 31.3 Å². The minimum absolute atomic E-state index is 0.00605. The molecule has 2 heterocycles. The molecule has 32 heavy (non-hydrogen) atoms. The molecular weight excluding hydrogens is 422 g/mol. The number of nitrogens with one attached hydrogen (secondary N) is 1. The van der Waals surface area contributed by atoms with Crippen LogP contribution >= 0.6 is 0 Å². The minimum atomic E-state index is -4.27. The van der Waals surface area contributed by atoms with Crippen molar-refractivity contribution in [3.05, 3.63) is 47.0 Å². The Kier molecular flexibility index (Phi) is 6.14. The lowest BCUT2D eigenvalue weighted by molar-refractivity contribution is -0.176. The molecule has 172 valence electrons. The van der Waals surface area contributed by atoms with Crippen molar-refractivity contribution >= 4 is 11.6 Å². The van der Waals surface area contributed by atoms with Gasteiger partial charge < -0.3 is 10.2 Å². The van der Waals surface area contributed by atoms with Gasteiger partial charge in [-0.2, -0.15) is 13.2 Å². The van der Waals surface area contributed by atoms with Gasteiger partial charge in [-0.25, -0.2) is 4.39 Å². The van der Waals surface area contributed by atoms with E-state index in [0.717, 1.165) is 24.2 Å². The topological polar surface area (TPSA) is 45.2 Å². The number of anilines is 1. The van der Waals surface area contributed by atoms with E-state index in [1.807, 2.05) is 13.8 Å². The van der Waals surface area contributed by atoms with E-state index >= 15 is 4.39 Å². The number of nitrogens with zero attached hydrogens (tertiary/aromatic N) is 2. The molecule has 0 spiro atoms. The molecule has 2 aromatic rings. The molecule has 1 unspecified atom stereocenters. The number of pyridine rings is 1. The molecule has 1 aliphatic heterocycles. The van der Waals surface area contributed by atoms with Crippen LogP contribution in [-0.4, -0.2) is 30.2 Å². The Balaban J connectivity index is 1.70. The van der Waals surface area contributed by atoms with Crippen molar-refractivity contribution in [1.82, 2.24) is 10.3 Å². The third-order valence-corrected chi connectivity index (χ3v) is 6.18. The van der Waals surface area contributed by atoms with Gasteiger partial charge in [-0.15, -0.1) is 0 Å². The van der Waals surface area contributed by atoms with E-state index < -0.39 is 17.9 Å². The van der Waals surface area contributed by atoms with Gasteiger partial charge in [0.1, 0.15) is 5.82 Å². The first-order chi connectivity index (χ1) is 15.1. The predicted molar refractivity (Wildman–Crippen MR) is 115 cm³/mol. The highest BCUT2D eigenvalue weighted by Crippen LogP contribution is 2.37. The third-order valence-electron chi connectivity index (χ3n) is 6.18. The minimum Gasteiger partial charge on any atom is -0.371 e. The number of halogens is 4. The lowest BCUT2D eigenvalue weighted by Gasteiger charge is -2.35. The zero-order valence-electron chi connectivity index (χ0n) is 18.2. The summed E-state index contributed by atoms with van der Waals surface area (Å²) in [4.78, 5) is 18.2. The summed E-state index contributed by atoms with van der Waals surface area (Å²) in [6.07, 6.45) is -2.10. The van der Waals surface area contributed by atoms with Gasteiger partial charge in [-0.1, -0.05) is 0 Å². The van der Waals surface area contributed by atoms with Crippen LogP contribution in [0.4, 0.5) is 23.2 Å². The summed E-state index contributed by atoms with van der Waals surface area (Å²) in [6.45, 7) is 4.01. The highest BCUT2D eigenvalue weighted by atomic mass is 19.4. The van der Waals surface area contributed by atoms with Crippen molar-refractivity contribution in [3.8, 4) is 11.1 Å². The maximum absolute atomic E-state index is 15.5. The molecule has 2 fully saturated rings. The van der Waals surface area contributed by atoms with Crippen molar-refractivity contribution in [3.63, 3.8) is 0 Å². The quantitative estimate of drug-likeness (QED) is 0.630. The first kappa shape index (κ1) is 22.6. The number of aromatic nitrogens is 1. The number of carbonyl (C=O) groups is 1. The standard InChI is InChI=1S/C24H27F4N3O/c1-14-8-17(9-15(2)30-14)22-18(12-29-23(32)16-5-6-16)10-20(11-21(22)25)31-7-3-4-19(13-31)24(26,27)28/h8-11,16,19H,3-7,12-13H2,1-2H3,(H,29,32). The van der Waals surface area contributed by atoms with Crippen molar-refractivity contribution < 1.29 is 22.4 Å². The second kappa shape index (κ2) is 8.71. The van der Waals surface area contributed by atoms with Crippen LogP contribution in [0.5, 0.6) is 0 Å². The van der Waals surface area contributed by atoms with Crippen LogP contribution in [0.3, 0.4) is 0 Å². The zero-order chi connectivity index (χ0) is 23.0. The fourth-order valence-electron chi connectivity index (χ4n) is 4.42. The number of alkyl halides is 3. The van der Waals surface area contributed by atoms with E-state index in [0.29, 0.717) is 35.3 Å². The number of rotatable bonds is 5. The Morgan fingerprint density at radius 1 is 1.12 bits per heavy atom. The van der Waals surface area contributed by atoms with Crippen LogP contribution < -0.4 is 10.2 Å². The fourth-order valence-corrected chi connectivity index (χ4v) is 4.42. The average molecular weight is 449 g/mol. The molecule has 1 aromatic heterocycles. The summed E-state index contributed by atoms with van der Waals surface area (Å²) in [5.41, 5.74) is 3.43. The summed E-state index contributed by atoms with van der Waals surface area (Å²) in [6, 6.07) is 6.58. The second-order valence-electron chi connectivity index (χ2n) is 8.92. The Morgan fingerprint density at radius 2 is 1.81 bits per heavy atom. The van der Waals surface area contributed by atoms with Crippen molar-refractivity contribution in [1.29, 1.82) is 0 Å². The number of carbonyl (C=O) groups excluding carboxylic acids is 1. The van der Waals surface area contributed by atoms with Crippen molar-refractivity contribution in [2.75, 3.05) is 18.0 Å². The van der Waals surface area contributed by atoms with E-state index in [2.05, 4.69) is 10.3 Å². The molecule has 2 aliphatic rings. The highest BCUT2D eigenvalue weighted by Gasteiger charge is 2.42. The van der Waals surface area contributed by atoms with Crippen LogP contribution in [0.1, 0.15) is 42.6 Å². The van der Waals surface area contributed by atoms with Crippen LogP contribution in [0, 0.1) is 31.5 Å². The Morgan fingerprint density at radius 3 is 2.44 bits per heavy atom. The molecule has 1 aromatic carbocycles. The molecule has 1 amide bonds. The Labute approximate surface area is 185 Å². The molecular formula is C24H27F4N3O. The Bertz CT molecular complexity index is 997. The van der Waals surface area contributed by atoms with Crippen molar-refractivity contribution in [2.24, 2.45) is 11.8 Å². The van der Waals surface area contributed by atoms with Gasteiger partial charge in [0.25, 0.3) is 0 Å². The van der Waals surface area contributed by atoms with Crippen LogP contribution in [0.2, 0.25) is 0 Å². The van der Waals surface area contributed by atoms with Gasteiger partial charge in [-0.3, -0.25) is 9.78 Å². The van der Waals surface area contributed by atoms with Crippen LogP contribution in [-0.2, 0) is 11.3 Å². The number of hydrogen-bond donors (Lipinski definition) is 1. The SMILES string of the molecule is Cc1cc(-c2c(F)cc(N3CCCC(C(F)(F)F)C3)cc2CNC(=O)C2CC2)cc(C)n1. The molecule has 0 bridgehead atoms. The lowest BCUT2D eigenvalue weighted by atomic mass is 9.94. The van der Waals surface area contributed by atoms with E-state index in [9.17, 15) is 18.0 Å². The molecule has 1 N–H and O–H groups in total. The number of piperidine rings is 1. The molecule has 4 nitrogen and oxygen atoms in total. The first-order valence-corrected chi connectivity index (χ1v) is 11.0. The van der Waals surface area contributed by atoms with Crippen LogP contribution in [0.25, 0.3) is 11.1 Å². The second-order valence-corrected chi connectivity index (χ2v) is 8.92. The Hall–Kier alpha value is -2.64. The zero-order valence-corrected chi connectivity index (χ0v) is 18.2. The first-order valence-electron chi connectivity index (χ1n) is 11.0. The van der Waals surface area contributed by atoms with E-state index in [4.69, 9.17) is 0 Å². The smallest absolute Gasteiger partial charge is 0.371 e. The van der Waals surface area contributed by atoms with Gasteiger partial charge in [0, 0.05) is 48.2 Å². The molecule has 0 radical (unpaired) electrons. The molecule has 1 atom stereocenters. The van der Waals surface area contributed by atoms with Gasteiger partial charge in [0.15, 0.2) is 0 Å². The number of aryl methyl sites for hydroxylation is 2. The highest BCUT2D eigenvalue weighted by molar-refractivity contribution is 5.81. The molecule has 1 saturated carbocycles. The fraction of sp³-hybridized carbons (Fsp3) is 0.500. The van der Waals surface area contributed by atoms with Crippen molar-refractivity contribution in [2.45, 2.75) is 52.3 Å². The lowest BCUT2D eigenvalue weighted by Crippen LogP contribution is -2.41. The summed E-state index contributed by atoms with van der Waals surface area (Å²) in [7, 11) is 0. The molecule has 1 saturated heterocycles. The number of benzene rings is 1. The van der Waals surface area contributed by atoms with Crippen LogP contribution in [0.15, 0.2) is 24.3 Å². The van der Waals surface area contributed by atoms with Gasteiger partial charge >= 0.3 is 6.18 Å². The normalized spacial score (nSPS) is 19.2. The maximum Gasteiger partial charge on any atom is 0.393 e. The summed E-state index contributed by atoms with van der Waals surface area (Å²) in [5.74, 6) is -2.01.